The van der Waals surface area contributed by atoms with Gasteiger partial charge >= 0.3 is 0 Å². The highest BCUT2D eigenvalue weighted by Gasteiger charge is 2.25. The molecule has 0 saturated carbocycles. The average molecular weight is 356 g/mol. The minimum Gasteiger partial charge on any atom is -0.490 e. The summed E-state index contributed by atoms with van der Waals surface area (Å²) in [5.41, 5.74) is 1.35. The summed E-state index contributed by atoms with van der Waals surface area (Å²) in [5.74, 6) is 1.72. The maximum Gasteiger partial charge on any atom is 0.162 e. The van der Waals surface area contributed by atoms with Crippen molar-refractivity contribution in [3.63, 3.8) is 0 Å². The highest BCUT2D eigenvalue weighted by atomic mass is 79.9. The molecule has 2 rings (SSSR count). The number of rotatable bonds is 5. The Balaban J connectivity index is 2.19. The van der Waals surface area contributed by atoms with Crippen molar-refractivity contribution in [2.45, 2.75) is 52.0 Å². The Morgan fingerprint density at radius 1 is 1.19 bits per heavy atom. The van der Waals surface area contributed by atoms with E-state index in [0.717, 1.165) is 48.6 Å². The smallest absolute Gasteiger partial charge is 0.162 e. The van der Waals surface area contributed by atoms with Crippen molar-refractivity contribution in [1.29, 1.82) is 0 Å². The Morgan fingerprint density at radius 2 is 1.81 bits per heavy atom. The zero-order valence-corrected chi connectivity index (χ0v) is 15.0. The fourth-order valence-corrected chi connectivity index (χ4v) is 3.37. The van der Waals surface area contributed by atoms with Crippen molar-refractivity contribution < 1.29 is 9.47 Å². The molecule has 0 unspecified atom stereocenters. The highest BCUT2D eigenvalue weighted by molar-refractivity contribution is 9.10. The van der Waals surface area contributed by atoms with Crippen LogP contribution in [0.15, 0.2) is 16.6 Å². The molecule has 0 radical (unpaired) electrons. The number of fused-ring (bicyclic) bond motifs is 1. The number of nitrogens with one attached hydrogen (secondary N) is 1. The molecule has 0 amide bonds. The van der Waals surface area contributed by atoms with Crippen molar-refractivity contribution in [1.82, 2.24) is 5.32 Å². The Bertz CT molecular complexity index is 486. The van der Waals surface area contributed by atoms with Crippen LogP contribution in [0.4, 0.5) is 0 Å². The Labute approximate surface area is 136 Å². The molecule has 1 N–H and O–H groups in total. The van der Waals surface area contributed by atoms with Gasteiger partial charge in [0.25, 0.3) is 0 Å². The quantitative estimate of drug-likeness (QED) is 0.854. The predicted octanol–water partition coefficient (Wildman–Crippen LogP) is 4.28. The van der Waals surface area contributed by atoms with Gasteiger partial charge in [-0.1, -0.05) is 43.6 Å². The van der Waals surface area contributed by atoms with Gasteiger partial charge in [0.1, 0.15) is 0 Å². The fourth-order valence-electron chi connectivity index (χ4n) is 2.51. The summed E-state index contributed by atoms with van der Waals surface area (Å²) >= 11 is 3.70. The number of hydrogen-bond acceptors (Lipinski definition) is 3. The molecule has 118 valence electrons. The lowest BCUT2D eigenvalue weighted by atomic mass is 9.81. The molecule has 1 heterocycles. The lowest BCUT2D eigenvalue weighted by Gasteiger charge is -2.28. The topological polar surface area (TPSA) is 30.5 Å². The molecule has 4 heteroatoms. The van der Waals surface area contributed by atoms with Gasteiger partial charge in [0.15, 0.2) is 11.5 Å². The number of hydrogen-bond donors (Lipinski definition) is 1. The lowest BCUT2D eigenvalue weighted by Crippen LogP contribution is -2.29. The molecule has 1 aliphatic heterocycles. The van der Waals surface area contributed by atoms with E-state index >= 15 is 0 Å². The highest BCUT2D eigenvalue weighted by Crippen LogP contribution is 2.41. The standard InChI is InChI=1S/C17H26BrNO2/c1-12(2)19-7-6-17(3,4)13-10-15-16(11-14(13)18)21-9-5-8-20-15/h10-12,19H,5-9H2,1-4H3. The third-order valence-electron chi connectivity index (χ3n) is 3.87. The third kappa shape index (κ3) is 4.36. The summed E-state index contributed by atoms with van der Waals surface area (Å²) in [6, 6.07) is 4.71. The molecule has 1 aromatic rings. The molecule has 0 atom stereocenters. The molecular formula is C17H26BrNO2. The molecule has 1 aliphatic rings. The van der Waals surface area contributed by atoms with Gasteiger partial charge < -0.3 is 14.8 Å². The van der Waals surface area contributed by atoms with E-state index in [4.69, 9.17) is 9.47 Å². The van der Waals surface area contributed by atoms with E-state index in [1.807, 2.05) is 6.07 Å². The number of benzene rings is 1. The Hall–Kier alpha value is -0.740. The number of ether oxygens (including phenoxy) is 2. The second kappa shape index (κ2) is 7.01. The summed E-state index contributed by atoms with van der Waals surface area (Å²) < 4.78 is 12.7. The summed E-state index contributed by atoms with van der Waals surface area (Å²) in [6.45, 7) is 11.4. The van der Waals surface area contributed by atoms with Crippen molar-refractivity contribution in [3.05, 3.63) is 22.2 Å². The normalized spacial score (nSPS) is 15.1. The van der Waals surface area contributed by atoms with E-state index < -0.39 is 0 Å². The summed E-state index contributed by atoms with van der Waals surface area (Å²) in [6.07, 6.45) is 2.01. The molecule has 0 bridgehead atoms. The van der Waals surface area contributed by atoms with Crippen molar-refractivity contribution in [2.75, 3.05) is 19.8 Å². The van der Waals surface area contributed by atoms with Gasteiger partial charge in [0, 0.05) is 16.9 Å². The van der Waals surface area contributed by atoms with Gasteiger partial charge in [-0.15, -0.1) is 0 Å². The van der Waals surface area contributed by atoms with Crippen LogP contribution in [0.3, 0.4) is 0 Å². The maximum atomic E-state index is 5.82. The van der Waals surface area contributed by atoms with Crippen LogP contribution in [0.5, 0.6) is 11.5 Å². The van der Waals surface area contributed by atoms with Gasteiger partial charge in [-0.05, 0) is 36.1 Å². The molecular weight excluding hydrogens is 330 g/mol. The SMILES string of the molecule is CC(C)NCCC(C)(C)c1cc2c(cc1Br)OCCCO2. The van der Waals surface area contributed by atoms with Crippen molar-refractivity contribution in [3.8, 4) is 11.5 Å². The van der Waals surface area contributed by atoms with E-state index in [0.29, 0.717) is 6.04 Å². The van der Waals surface area contributed by atoms with Crippen LogP contribution in [0.2, 0.25) is 0 Å². The van der Waals surface area contributed by atoms with E-state index in [2.05, 4.69) is 55.0 Å². The molecule has 0 aliphatic carbocycles. The minimum absolute atomic E-state index is 0.0748. The van der Waals surface area contributed by atoms with E-state index in [1.165, 1.54) is 5.56 Å². The van der Waals surface area contributed by atoms with Crippen LogP contribution in [0.25, 0.3) is 0 Å². The van der Waals surface area contributed by atoms with Gasteiger partial charge in [0.2, 0.25) is 0 Å². The number of halogens is 1. The Kier molecular flexibility index (Phi) is 5.55. The van der Waals surface area contributed by atoms with Crippen LogP contribution >= 0.6 is 15.9 Å². The van der Waals surface area contributed by atoms with Gasteiger partial charge in [0.05, 0.1) is 13.2 Å². The average Bonchev–Trinajstić information content (AvgIpc) is 2.61. The van der Waals surface area contributed by atoms with Gasteiger partial charge in [-0.25, -0.2) is 0 Å². The van der Waals surface area contributed by atoms with Crippen molar-refractivity contribution >= 4 is 15.9 Å². The molecule has 0 aromatic heterocycles. The zero-order chi connectivity index (χ0) is 15.5. The fraction of sp³-hybridized carbons (Fsp3) is 0.647. The molecule has 1 aromatic carbocycles. The molecule has 3 nitrogen and oxygen atoms in total. The van der Waals surface area contributed by atoms with Crippen LogP contribution in [-0.4, -0.2) is 25.8 Å². The summed E-state index contributed by atoms with van der Waals surface area (Å²) in [5, 5.41) is 3.49. The van der Waals surface area contributed by atoms with Crippen LogP contribution < -0.4 is 14.8 Å². The molecule has 0 saturated heterocycles. The van der Waals surface area contributed by atoms with E-state index in [1.54, 1.807) is 0 Å². The zero-order valence-electron chi connectivity index (χ0n) is 13.5. The van der Waals surface area contributed by atoms with Crippen LogP contribution in [0.1, 0.15) is 46.1 Å². The van der Waals surface area contributed by atoms with Crippen LogP contribution in [0, 0.1) is 0 Å². The largest absolute Gasteiger partial charge is 0.490 e. The molecule has 0 fully saturated rings. The van der Waals surface area contributed by atoms with Gasteiger partial charge in [-0.2, -0.15) is 0 Å². The maximum absolute atomic E-state index is 5.82. The summed E-state index contributed by atoms with van der Waals surface area (Å²) in [4.78, 5) is 0. The first kappa shape index (κ1) is 16.6. The second-order valence-electron chi connectivity index (χ2n) is 6.57. The summed E-state index contributed by atoms with van der Waals surface area (Å²) in [7, 11) is 0. The van der Waals surface area contributed by atoms with E-state index in [9.17, 15) is 0 Å². The first-order chi connectivity index (χ1) is 9.90. The predicted molar refractivity (Wildman–Crippen MR) is 90.5 cm³/mol. The monoisotopic (exact) mass is 355 g/mol. The van der Waals surface area contributed by atoms with Crippen LogP contribution in [-0.2, 0) is 5.41 Å². The van der Waals surface area contributed by atoms with E-state index in [-0.39, 0.29) is 5.41 Å². The minimum atomic E-state index is 0.0748. The lowest BCUT2D eigenvalue weighted by molar-refractivity contribution is 0.296. The van der Waals surface area contributed by atoms with Gasteiger partial charge in [-0.3, -0.25) is 0 Å². The second-order valence-corrected chi connectivity index (χ2v) is 7.43. The first-order valence-electron chi connectivity index (χ1n) is 7.73. The van der Waals surface area contributed by atoms with Crippen molar-refractivity contribution in [2.24, 2.45) is 0 Å². The first-order valence-corrected chi connectivity index (χ1v) is 8.52. The Morgan fingerprint density at radius 3 is 2.43 bits per heavy atom. The third-order valence-corrected chi connectivity index (χ3v) is 4.53. The molecule has 0 spiro atoms. The molecule has 21 heavy (non-hydrogen) atoms.